The molecule has 0 bridgehead atoms. The first kappa shape index (κ1) is 12.8. The van der Waals surface area contributed by atoms with E-state index in [9.17, 15) is 0 Å². The molecule has 0 unspecified atom stereocenters. The highest BCUT2D eigenvalue weighted by Crippen LogP contribution is 2.35. The highest BCUT2D eigenvalue weighted by Gasteiger charge is 2.07. The van der Waals surface area contributed by atoms with E-state index >= 15 is 0 Å². The molecule has 0 aliphatic carbocycles. The van der Waals surface area contributed by atoms with Crippen molar-refractivity contribution in [2.75, 3.05) is 6.26 Å². The summed E-state index contributed by atoms with van der Waals surface area (Å²) in [6.07, 6.45) is 2.13. The molecular formula is C17H13BrS. The molecule has 0 spiro atoms. The first-order valence-corrected chi connectivity index (χ1v) is 8.13. The number of hydrogen-bond donors (Lipinski definition) is 0. The summed E-state index contributed by atoms with van der Waals surface area (Å²) in [7, 11) is 0. The van der Waals surface area contributed by atoms with E-state index in [-0.39, 0.29) is 0 Å². The maximum Gasteiger partial charge on any atom is 0.0175 e. The topological polar surface area (TPSA) is 0 Å². The van der Waals surface area contributed by atoms with Crippen LogP contribution in [0.25, 0.3) is 21.9 Å². The third kappa shape index (κ3) is 2.43. The molecule has 0 aliphatic rings. The Hall–Kier alpha value is -1.25. The molecule has 0 nitrogen and oxygen atoms in total. The minimum Gasteiger partial charge on any atom is -0.129 e. The van der Waals surface area contributed by atoms with Crippen LogP contribution < -0.4 is 0 Å². The Morgan fingerprint density at radius 2 is 1.53 bits per heavy atom. The van der Waals surface area contributed by atoms with Crippen LogP contribution >= 0.6 is 27.7 Å². The number of thioether (sulfide) groups is 1. The van der Waals surface area contributed by atoms with Gasteiger partial charge >= 0.3 is 0 Å². The molecular weight excluding hydrogens is 316 g/mol. The lowest BCUT2D eigenvalue weighted by atomic mass is 9.98. The van der Waals surface area contributed by atoms with Crippen LogP contribution in [0.3, 0.4) is 0 Å². The average molecular weight is 329 g/mol. The van der Waals surface area contributed by atoms with E-state index in [1.807, 2.05) is 0 Å². The molecule has 0 N–H and O–H groups in total. The van der Waals surface area contributed by atoms with Crippen molar-refractivity contribution in [3.63, 3.8) is 0 Å². The van der Waals surface area contributed by atoms with Gasteiger partial charge in [-0.15, -0.1) is 11.8 Å². The zero-order valence-corrected chi connectivity index (χ0v) is 13.0. The predicted octanol–water partition coefficient (Wildman–Crippen LogP) is 5.99. The maximum absolute atomic E-state index is 3.49. The van der Waals surface area contributed by atoms with E-state index in [1.54, 1.807) is 11.8 Å². The van der Waals surface area contributed by atoms with Crippen molar-refractivity contribution in [1.82, 2.24) is 0 Å². The first-order chi connectivity index (χ1) is 9.29. The Balaban J connectivity index is 2.31. The van der Waals surface area contributed by atoms with Crippen LogP contribution in [0.4, 0.5) is 0 Å². The highest BCUT2D eigenvalue weighted by atomic mass is 79.9. The van der Waals surface area contributed by atoms with Crippen molar-refractivity contribution in [2.45, 2.75) is 4.90 Å². The summed E-state index contributed by atoms with van der Waals surface area (Å²) < 4.78 is 1.11. The molecule has 2 heteroatoms. The Morgan fingerprint density at radius 3 is 2.21 bits per heavy atom. The number of hydrogen-bond acceptors (Lipinski definition) is 1. The number of halogens is 1. The number of rotatable bonds is 2. The smallest absolute Gasteiger partial charge is 0.0175 e. The summed E-state index contributed by atoms with van der Waals surface area (Å²) in [4.78, 5) is 1.33. The van der Waals surface area contributed by atoms with E-state index in [0.29, 0.717) is 0 Å². The van der Waals surface area contributed by atoms with Gasteiger partial charge in [0.15, 0.2) is 0 Å². The van der Waals surface area contributed by atoms with Crippen LogP contribution in [0.5, 0.6) is 0 Å². The molecule has 3 aromatic rings. The van der Waals surface area contributed by atoms with Gasteiger partial charge < -0.3 is 0 Å². The Morgan fingerprint density at radius 1 is 0.842 bits per heavy atom. The van der Waals surface area contributed by atoms with Crippen LogP contribution in [0, 0.1) is 0 Å². The van der Waals surface area contributed by atoms with Gasteiger partial charge in [0.2, 0.25) is 0 Å². The van der Waals surface area contributed by atoms with E-state index in [2.05, 4.69) is 82.8 Å². The van der Waals surface area contributed by atoms with Crippen molar-refractivity contribution in [2.24, 2.45) is 0 Å². The van der Waals surface area contributed by atoms with Crippen molar-refractivity contribution >= 4 is 38.5 Å². The average Bonchev–Trinajstić information content (AvgIpc) is 2.47. The normalized spacial score (nSPS) is 10.8. The van der Waals surface area contributed by atoms with Gasteiger partial charge in [-0.3, -0.25) is 0 Å². The van der Waals surface area contributed by atoms with Crippen LogP contribution in [0.15, 0.2) is 70.0 Å². The minimum absolute atomic E-state index is 1.11. The number of fused-ring (bicyclic) bond motifs is 1. The van der Waals surface area contributed by atoms with E-state index < -0.39 is 0 Å². The van der Waals surface area contributed by atoms with Crippen molar-refractivity contribution in [1.29, 1.82) is 0 Å². The zero-order valence-electron chi connectivity index (χ0n) is 10.6. The number of benzene rings is 3. The molecule has 0 amide bonds. The molecule has 3 rings (SSSR count). The molecule has 0 saturated heterocycles. The third-order valence-electron chi connectivity index (χ3n) is 3.24. The highest BCUT2D eigenvalue weighted by molar-refractivity contribution is 9.10. The van der Waals surface area contributed by atoms with Crippen molar-refractivity contribution < 1.29 is 0 Å². The van der Waals surface area contributed by atoms with Gasteiger partial charge in [-0.2, -0.15) is 0 Å². The second kappa shape index (κ2) is 5.40. The second-order valence-corrected chi connectivity index (χ2v) is 6.13. The summed E-state index contributed by atoms with van der Waals surface area (Å²) >= 11 is 5.29. The fraction of sp³-hybridized carbons (Fsp3) is 0.0588. The van der Waals surface area contributed by atoms with E-state index in [4.69, 9.17) is 0 Å². The summed E-state index contributed by atoms with van der Waals surface area (Å²) in [6.45, 7) is 0. The van der Waals surface area contributed by atoms with Crippen molar-refractivity contribution in [3.05, 3.63) is 65.1 Å². The van der Waals surface area contributed by atoms with E-state index in [1.165, 1.54) is 26.8 Å². The summed E-state index contributed by atoms with van der Waals surface area (Å²) in [5, 5.41) is 2.65. The molecule has 3 aromatic carbocycles. The largest absolute Gasteiger partial charge is 0.129 e. The molecule has 0 saturated carbocycles. The van der Waals surface area contributed by atoms with Crippen LogP contribution in [0.2, 0.25) is 0 Å². The molecule has 0 fully saturated rings. The molecule has 0 heterocycles. The maximum atomic E-state index is 3.49. The molecule has 0 aliphatic heterocycles. The monoisotopic (exact) mass is 328 g/mol. The summed E-state index contributed by atoms with van der Waals surface area (Å²) in [5.74, 6) is 0. The molecule has 19 heavy (non-hydrogen) atoms. The molecule has 0 aromatic heterocycles. The minimum atomic E-state index is 1.11. The zero-order chi connectivity index (χ0) is 13.2. The third-order valence-corrected chi connectivity index (χ3v) is 4.55. The quantitative estimate of drug-likeness (QED) is 0.520. The lowest BCUT2D eigenvalue weighted by Gasteiger charge is -2.10. The van der Waals surface area contributed by atoms with Gasteiger partial charge in [-0.05, 0) is 41.0 Å². The van der Waals surface area contributed by atoms with Gasteiger partial charge in [0.05, 0.1) is 0 Å². The lowest BCUT2D eigenvalue weighted by Crippen LogP contribution is -1.84. The van der Waals surface area contributed by atoms with Crippen LogP contribution in [0.1, 0.15) is 0 Å². The second-order valence-electron chi connectivity index (χ2n) is 4.37. The fourth-order valence-corrected chi connectivity index (χ4v) is 3.26. The van der Waals surface area contributed by atoms with Crippen LogP contribution in [-0.4, -0.2) is 6.26 Å². The SMILES string of the molecule is CSc1cccc2cccc(-c3ccc(Br)cc3)c12. The Kier molecular flexibility index (Phi) is 3.63. The van der Waals surface area contributed by atoms with Gasteiger partial charge in [-0.25, -0.2) is 0 Å². The van der Waals surface area contributed by atoms with E-state index in [0.717, 1.165) is 4.47 Å². The molecule has 94 valence electrons. The predicted molar refractivity (Wildman–Crippen MR) is 88.9 cm³/mol. The van der Waals surface area contributed by atoms with Crippen LogP contribution in [-0.2, 0) is 0 Å². The molecule has 0 atom stereocenters. The summed E-state index contributed by atoms with van der Waals surface area (Å²) in [5.41, 5.74) is 2.56. The molecule has 0 radical (unpaired) electrons. The van der Waals surface area contributed by atoms with Gasteiger partial charge in [0.1, 0.15) is 0 Å². The summed E-state index contributed by atoms with van der Waals surface area (Å²) in [6, 6.07) is 21.5. The first-order valence-electron chi connectivity index (χ1n) is 6.11. The van der Waals surface area contributed by atoms with Gasteiger partial charge in [0, 0.05) is 14.8 Å². The standard InChI is InChI=1S/C17H13BrS/c1-19-16-7-3-5-13-4-2-6-15(17(13)16)12-8-10-14(18)11-9-12/h2-11H,1H3. The fourth-order valence-electron chi connectivity index (χ4n) is 2.35. The van der Waals surface area contributed by atoms with Gasteiger partial charge in [-0.1, -0.05) is 58.4 Å². The Bertz CT molecular complexity index is 712. The van der Waals surface area contributed by atoms with Gasteiger partial charge in [0.25, 0.3) is 0 Å². The lowest BCUT2D eigenvalue weighted by molar-refractivity contribution is 1.53. The van der Waals surface area contributed by atoms with Crippen molar-refractivity contribution in [3.8, 4) is 11.1 Å². The Labute approximate surface area is 126 Å².